The molecule has 0 fully saturated rings. The van der Waals surface area contributed by atoms with Crippen molar-refractivity contribution in [2.24, 2.45) is 0 Å². The number of urea groups is 1. The molecule has 6 heteroatoms. The van der Waals surface area contributed by atoms with Crippen molar-refractivity contribution in [1.82, 2.24) is 10.6 Å². The summed E-state index contributed by atoms with van der Waals surface area (Å²) in [5.41, 5.74) is 0. The van der Waals surface area contributed by atoms with Gasteiger partial charge in [0, 0.05) is 6.54 Å². The lowest BCUT2D eigenvalue weighted by atomic mass is 10.3. The summed E-state index contributed by atoms with van der Waals surface area (Å²) in [6, 6.07) is 7.22. The van der Waals surface area contributed by atoms with Crippen LogP contribution in [0.15, 0.2) is 28.7 Å². The molecule has 0 aliphatic heterocycles. The molecule has 3 N–H and O–H groups in total. The average Bonchev–Trinajstić information content (AvgIpc) is 2.36. The smallest absolute Gasteiger partial charge is 0.315 e. The van der Waals surface area contributed by atoms with E-state index < -0.39 is 0 Å². The van der Waals surface area contributed by atoms with Crippen molar-refractivity contribution >= 4 is 22.0 Å². The van der Waals surface area contributed by atoms with Crippen LogP contribution in [0.1, 0.15) is 6.92 Å². The van der Waals surface area contributed by atoms with Crippen LogP contribution in [-0.2, 0) is 0 Å². The normalized spacial score (nSPS) is 11.7. The van der Waals surface area contributed by atoms with Crippen LogP contribution < -0.4 is 15.4 Å². The number of benzene rings is 1. The van der Waals surface area contributed by atoms with Crippen LogP contribution in [0.4, 0.5) is 4.79 Å². The molecular formula is C12H17BrN2O3. The Morgan fingerprint density at radius 3 is 2.83 bits per heavy atom. The standard InChI is InChI=1S/C12H17BrN2O3/c1-9(8-15-12(17)14-6-7-16)18-11-5-3-2-4-10(11)13/h2-5,9,16H,6-8H2,1H3,(H2,14,15,17). The molecule has 18 heavy (non-hydrogen) atoms. The summed E-state index contributed by atoms with van der Waals surface area (Å²) in [6.45, 7) is 2.42. The van der Waals surface area contributed by atoms with E-state index in [0.29, 0.717) is 6.54 Å². The van der Waals surface area contributed by atoms with Gasteiger partial charge in [-0.2, -0.15) is 0 Å². The minimum Gasteiger partial charge on any atom is -0.488 e. The molecule has 1 atom stereocenters. The number of rotatable bonds is 6. The highest BCUT2D eigenvalue weighted by atomic mass is 79.9. The fourth-order valence-electron chi connectivity index (χ4n) is 1.27. The Kier molecular flexibility index (Phi) is 6.53. The number of hydrogen-bond donors (Lipinski definition) is 3. The Bertz CT molecular complexity index is 387. The van der Waals surface area contributed by atoms with E-state index in [-0.39, 0.29) is 25.3 Å². The Morgan fingerprint density at radius 1 is 1.44 bits per heavy atom. The van der Waals surface area contributed by atoms with E-state index >= 15 is 0 Å². The molecule has 1 aromatic carbocycles. The second-order valence-corrected chi connectivity index (χ2v) is 4.57. The number of para-hydroxylation sites is 1. The van der Waals surface area contributed by atoms with E-state index in [1.165, 1.54) is 0 Å². The molecule has 0 spiro atoms. The summed E-state index contributed by atoms with van der Waals surface area (Å²) in [4.78, 5) is 11.2. The first-order valence-corrected chi connectivity index (χ1v) is 6.46. The predicted molar refractivity (Wildman–Crippen MR) is 72.7 cm³/mol. The summed E-state index contributed by atoms with van der Waals surface area (Å²) in [5.74, 6) is 0.738. The van der Waals surface area contributed by atoms with Gasteiger partial charge in [0.05, 0.1) is 17.6 Å². The number of carbonyl (C=O) groups is 1. The molecule has 0 radical (unpaired) electrons. The highest BCUT2D eigenvalue weighted by Crippen LogP contribution is 2.24. The number of carbonyl (C=O) groups excluding carboxylic acids is 1. The van der Waals surface area contributed by atoms with Gasteiger partial charge >= 0.3 is 6.03 Å². The topological polar surface area (TPSA) is 70.6 Å². The maximum atomic E-state index is 11.2. The first-order valence-electron chi connectivity index (χ1n) is 5.67. The second kappa shape index (κ2) is 7.94. The first kappa shape index (κ1) is 14.8. The number of halogens is 1. The fourth-order valence-corrected chi connectivity index (χ4v) is 1.65. The van der Waals surface area contributed by atoms with Gasteiger partial charge < -0.3 is 20.5 Å². The van der Waals surface area contributed by atoms with Crippen LogP contribution in [0.25, 0.3) is 0 Å². The van der Waals surface area contributed by atoms with Gasteiger partial charge in [-0.25, -0.2) is 4.79 Å². The molecule has 0 aromatic heterocycles. The van der Waals surface area contributed by atoms with E-state index in [0.717, 1.165) is 10.2 Å². The van der Waals surface area contributed by atoms with Crippen molar-refractivity contribution in [3.63, 3.8) is 0 Å². The molecule has 0 heterocycles. The number of nitrogens with one attached hydrogen (secondary N) is 2. The number of ether oxygens (including phenoxy) is 1. The van der Waals surface area contributed by atoms with Crippen LogP contribution in [-0.4, -0.2) is 36.9 Å². The van der Waals surface area contributed by atoms with Crippen molar-refractivity contribution in [1.29, 1.82) is 0 Å². The number of aliphatic hydroxyl groups excluding tert-OH is 1. The van der Waals surface area contributed by atoms with Crippen LogP contribution in [0.3, 0.4) is 0 Å². The van der Waals surface area contributed by atoms with Crippen molar-refractivity contribution in [2.75, 3.05) is 19.7 Å². The summed E-state index contributed by atoms with van der Waals surface area (Å²) in [5, 5.41) is 13.7. The third kappa shape index (κ3) is 5.37. The molecule has 0 saturated carbocycles. The fraction of sp³-hybridized carbons (Fsp3) is 0.417. The van der Waals surface area contributed by atoms with Crippen molar-refractivity contribution in [3.8, 4) is 5.75 Å². The minimum absolute atomic E-state index is 0.0730. The van der Waals surface area contributed by atoms with Gasteiger partial charge in [0.25, 0.3) is 0 Å². The number of amides is 2. The van der Waals surface area contributed by atoms with E-state index in [2.05, 4.69) is 26.6 Å². The number of hydrogen-bond acceptors (Lipinski definition) is 3. The lowest BCUT2D eigenvalue weighted by Gasteiger charge is -2.16. The molecule has 0 bridgehead atoms. The highest BCUT2D eigenvalue weighted by molar-refractivity contribution is 9.10. The van der Waals surface area contributed by atoms with Crippen molar-refractivity contribution < 1.29 is 14.6 Å². The van der Waals surface area contributed by atoms with Crippen LogP contribution in [0.5, 0.6) is 5.75 Å². The van der Waals surface area contributed by atoms with Crippen molar-refractivity contribution in [2.45, 2.75) is 13.0 Å². The van der Waals surface area contributed by atoms with Gasteiger partial charge in [0.1, 0.15) is 11.9 Å². The SMILES string of the molecule is CC(CNC(=O)NCCO)Oc1ccccc1Br. The summed E-state index contributed by atoms with van der Waals surface area (Å²) in [7, 11) is 0. The quantitative estimate of drug-likeness (QED) is 0.745. The zero-order valence-corrected chi connectivity index (χ0v) is 11.7. The summed E-state index contributed by atoms with van der Waals surface area (Å²) < 4.78 is 6.54. The monoisotopic (exact) mass is 316 g/mol. The van der Waals surface area contributed by atoms with Gasteiger partial charge in [-0.05, 0) is 35.0 Å². The van der Waals surface area contributed by atoms with E-state index in [1.807, 2.05) is 31.2 Å². The lowest BCUT2D eigenvalue weighted by molar-refractivity contribution is 0.205. The lowest BCUT2D eigenvalue weighted by Crippen LogP contribution is -2.41. The Balaban J connectivity index is 2.32. The zero-order chi connectivity index (χ0) is 13.4. The molecule has 0 aliphatic carbocycles. The molecule has 1 rings (SSSR count). The molecular weight excluding hydrogens is 300 g/mol. The van der Waals surface area contributed by atoms with Gasteiger partial charge in [0.15, 0.2) is 0 Å². The van der Waals surface area contributed by atoms with Crippen LogP contribution in [0, 0.1) is 0 Å². The minimum atomic E-state index is -0.313. The first-order chi connectivity index (χ1) is 8.63. The van der Waals surface area contributed by atoms with Gasteiger partial charge in [-0.15, -0.1) is 0 Å². The maximum absolute atomic E-state index is 11.2. The number of aliphatic hydroxyl groups is 1. The molecule has 2 amide bonds. The molecule has 100 valence electrons. The van der Waals surface area contributed by atoms with Crippen LogP contribution >= 0.6 is 15.9 Å². The second-order valence-electron chi connectivity index (χ2n) is 3.72. The molecule has 0 saturated heterocycles. The highest BCUT2D eigenvalue weighted by Gasteiger charge is 2.08. The average molecular weight is 317 g/mol. The van der Waals surface area contributed by atoms with Crippen LogP contribution in [0.2, 0.25) is 0 Å². The van der Waals surface area contributed by atoms with E-state index in [1.54, 1.807) is 0 Å². The predicted octanol–water partition coefficient (Wildman–Crippen LogP) is 1.51. The molecule has 0 aliphatic rings. The van der Waals surface area contributed by atoms with Gasteiger partial charge in [0.2, 0.25) is 0 Å². The van der Waals surface area contributed by atoms with Crippen molar-refractivity contribution in [3.05, 3.63) is 28.7 Å². The Hall–Kier alpha value is -1.27. The van der Waals surface area contributed by atoms with Gasteiger partial charge in [-0.3, -0.25) is 0 Å². The Labute approximate surface area is 115 Å². The summed E-state index contributed by atoms with van der Waals surface area (Å²) >= 11 is 3.39. The molecule has 1 unspecified atom stereocenters. The Morgan fingerprint density at radius 2 is 2.17 bits per heavy atom. The third-order valence-electron chi connectivity index (χ3n) is 2.11. The largest absolute Gasteiger partial charge is 0.488 e. The van der Waals surface area contributed by atoms with E-state index in [9.17, 15) is 4.79 Å². The molecule has 1 aromatic rings. The summed E-state index contributed by atoms with van der Waals surface area (Å²) in [6.07, 6.45) is -0.149. The zero-order valence-electron chi connectivity index (χ0n) is 10.1. The van der Waals surface area contributed by atoms with E-state index in [4.69, 9.17) is 9.84 Å². The third-order valence-corrected chi connectivity index (χ3v) is 2.77. The van der Waals surface area contributed by atoms with Gasteiger partial charge in [-0.1, -0.05) is 12.1 Å². The molecule has 5 nitrogen and oxygen atoms in total. The maximum Gasteiger partial charge on any atom is 0.315 e.